The third-order valence-electron chi connectivity index (χ3n) is 6.25. The molecule has 0 saturated heterocycles. The zero-order chi connectivity index (χ0) is 20.4. The average Bonchev–Trinajstić information content (AvgIpc) is 3.19. The minimum Gasteiger partial charge on any atom is -0.466 e. The molecule has 0 aliphatic heterocycles. The molecule has 0 spiro atoms. The van der Waals surface area contributed by atoms with Crippen molar-refractivity contribution in [1.82, 2.24) is 0 Å². The van der Waals surface area contributed by atoms with Crippen molar-refractivity contribution in [1.29, 1.82) is 0 Å². The van der Waals surface area contributed by atoms with Gasteiger partial charge in [-0.3, -0.25) is 14.4 Å². The van der Waals surface area contributed by atoms with Gasteiger partial charge in [-0.25, -0.2) is 0 Å². The highest BCUT2D eigenvalue weighted by Crippen LogP contribution is 2.35. The molecule has 0 heterocycles. The number of ether oxygens (including phenoxy) is 1. The monoisotopic (exact) mass is 388 g/mol. The maximum absolute atomic E-state index is 12.3. The first-order valence-electron chi connectivity index (χ1n) is 11.1. The highest BCUT2D eigenvalue weighted by atomic mass is 16.5. The Bertz CT molecular complexity index is 589. The van der Waals surface area contributed by atoms with Crippen molar-refractivity contribution < 1.29 is 19.1 Å². The van der Waals surface area contributed by atoms with Crippen LogP contribution in [0.1, 0.15) is 78.1 Å². The number of Topliss-reactive ketones (excluding diaryl/α,β-unsaturated/α-hetero) is 2. The maximum atomic E-state index is 12.3. The zero-order valence-electron chi connectivity index (χ0n) is 17.5. The lowest BCUT2D eigenvalue weighted by atomic mass is 9.89. The maximum Gasteiger partial charge on any atom is 0.306 e. The molecule has 2 rings (SSSR count). The third-order valence-corrected chi connectivity index (χ3v) is 6.25. The van der Waals surface area contributed by atoms with Gasteiger partial charge in [0.2, 0.25) is 0 Å². The summed E-state index contributed by atoms with van der Waals surface area (Å²) in [5.41, 5.74) is 0. The van der Waals surface area contributed by atoms with Gasteiger partial charge in [-0.2, -0.15) is 0 Å². The molecule has 0 aromatic rings. The van der Waals surface area contributed by atoms with Gasteiger partial charge >= 0.3 is 5.97 Å². The predicted octanol–water partition coefficient (Wildman–Crippen LogP) is 5.21. The van der Waals surface area contributed by atoms with Crippen LogP contribution in [0.2, 0.25) is 0 Å². The summed E-state index contributed by atoms with van der Waals surface area (Å²) >= 11 is 0. The van der Waals surface area contributed by atoms with Gasteiger partial charge in [-0.15, -0.1) is 0 Å². The van der Waals surface area contributed by atoms with Gasteiger partial charge in [0.1, 0.15) is 11.6 Å². The Morgan fingerprint density at radius 3 is 2.00 bits per heavy atom. The van der Waals surface area contributed by atoms with Gasteiger partial charge in [-0.05, 0) is 56.8 Å². The van der Waals surface area contributed by atoms with Crippen molar-refractivity contribution in [3.05, 3.63) is 24.3 Å². The molecule has 2 saturated carbocycles. The van der Waals surface area contributed by atoms with Crippen molar-refractivity contribution in [3.63, 3.8) is 0 Å². The van der Waals surface area contributed by atoms with Crippen LogP contribution in [0.3, 0.4) is 0 Å². The van der Waals surface area contributed by atoms with E-state index in [9.17, 15) is 14.4 Å². The molecule has 2 aliphatic carbocycles. The number of hydrogen-bond acceptors (Lipinski definition) is 4. The van der Waals surface area contributed by atoms with Crippen LogP contribution in [-0.4, -0.2) is 24.1 Å². The topological polar surface area (TPSA) is 60.4 Å². The molecular weight excluding hydrogens is 352 g/mol. The number of ketones is 2. The lowest BCUT2D eigenvalue weighted by molar-refractivity contribution is -0.145. The average molecular weight is 389 g/mol. The molecule has 28 heavy (non-hydrogen) atoms. The number of hydrogen-bond donors (Lipinski definition) is 0. The quantitative estimate of drug-likeness (QED) is 0.360. The molecule has 0 amide bonds. The minimum absolute atomic E-state index is 0.0301. The summed E-state index contributed by atoms with van der Waals surface area (Å²) in [6, 6.07) is 0. The Kier molecular flexibility index (Phi) is 9.66. The lowest BCUT2D eigenvalue weighted by Crippen LogP contribution is -2.20. The molecule has 4 unspecified atom stereocenters. The van der Waals surface area contributed by atoms with Gasteiger partial charge in [0.15, 0.2) is 0 Å². The van der Waals surface area contributed by atoms with Crippen LogP contribution < -0.4 is 0 Å². The summed E-state index contributed by atoms with van der Waals surface area (Å²) < 4.78 is 5.49. The summed E-state index contributed by atoms with van der Waals surface area (Å²) in [6.07, 6.45) is 15.9. The van der Waals surface area contributed by atoms with Gasteiger partial charge in [-0.1, -0.05) is 38.2 Å². The van der Waals surface area contributed by atoms with E-state index in [1.54, 1.807) is 0 Å². The second-order valence-electron chi connectivity index (χ2n) is 8.19. The van der Waals surface area contributed by atoms with Crippen molar-refractivity contribution >= 4 is 17.5 Å². The van der Waals surface area contributed by atoms with Crippen LogP contribution >= 0.6 is 0 Å². The van der Waals surface area contributed by atoms with Gasteiger partial charge in [0.25, 0.3) is 0 Å². The molecule has 0 radical (unpaired) electrons. The van der Waals surface area contributed by atoms with E-state index in [0.29, 0.717) is 37.6 Å². The molecule has 0 aromatic heterocycles. The van der Waals surface area contributed by atoms with E-state index >= 15 is 0 Å². The molecular formula is C24H36O4. The van der Waals surface area contributed by atoms with Crippen molar-refractivity contribution in [3.8, 4) is 0 Å². The summed E-state index contributed by atoms with van der Waals surface area (Å²) in [7, 11) is 0. The third kappa shape index (κ3) is 6.72. The molecule has 2 aliphatic rings. The van der Waals surface area contributed by atoms with Gasteiger partial charge < -0.3 is 4.74 Å². The SMILES string of the molecule is CC/C=C/CC1C(=O)CCC1CCOC(=O)CC1CCC(=O)C1C/C=C/CC. The highest BCUT2D eigenvalue weighted by Gasteiger charge is 2.36. The van der Waals surface area contributed by atoms with Crippen LogP contribution in [0.15, 0.2) is 24.3 Å². The molecule has 0 aromatic carbocycles. The molecule has 4 heteroatoms. The fourth-order valence-corrected chi connectivity index (χ4v) is 4.61. The Morgan fingerprint density at radius 1 is 0.893 bits per heavy atom. The van der Waals surface area contributed by atoms with E-state index < -0.39 is 0 Å². The Morgan fingerprint density at radius 2 is 1.43 bits per heavy atom. The second kappa shape index (κ2) is 12.0. The van der Waals surface area contributed by atoms with E-state index in [-0.39, 0.29) is 29.5 Å². The fourth-order valence-electron chi connectivity index (χ4n) is 4.61. The van der Waals surface area contributed by atoms with Crippen molar-refractivity contribution in [2.75, 3.05) is 6.61 Å². The molecule has 0 bridgehead atoms. The van der Waals surface area contributed by atoms with E-state index in [1.807, 2.05) is 0 Å². The smallest absolute Gasteiger partial charge is 0.306 e. The first-order chi connectivity index (χ1) is 13.6. The second-order valence-corrected chi connectivity index (χ2v) is 8.19. The van der Waals surface area contributed by atoms with Crippen LogP contribution in [0.4, 0.5) is 0 Å². The van der Waals surface area contributed by atoms with Gasteiger partial charge in [0.05, 0.1) is 6.61 Å². The molecule has 2 fully saturated rings. The van der Waals surface area contributed by atoms with E-state index in [1.165, 1.54) is 0 Å². The van der Waals surface area contributed by atoms with Crippen LogP contribution in [0, 0.1) is 23.7 Å². The molecule has 4 nitrogen and oxygen atoms in total. The fraction of sp³-hybridized carbons (Fsp3) is 0.708. The minimum atomic E-state index is -0.198. The summed E-state index contributed by atoms with van der Waals surface area (Å²) in [5.74, 6) is 0.927. The summed E-state index contributed by atoms with van der Waals surface area (Å²) in [4.78, 5) is 36.5. The largest absolute Gasteiger partial charge is 0.466 e. The zero-order valence-corrected chi connectivity index (χ0v) is 17.5. The van der Waals surface area contributed by atoms with E-state index in [2.05, 4.69) is 38.2 Å². The number of rotatable bonds is 11. The predicted molar refractivity (Wildman–Crippen MR) is 111 cm³/mol. The van der Waals surface area contributed by atoms with E-state index in [4.69, 9.17) is 4.74 Å². The lowest BCUT2D eigenvalue weighted by Gasteiger charge is -2.18. The number of carbonyl (C=O) groups is 3. The Hall–Kier alpha value is -1.71. The van der Waals surface area contributed by atoms with Crippen molar-refractivity contribution in [2.45, 2.75) is 78.1 Å². The normalized spacial score (nSPS) is 28.1. The van der Waals surface area contributed by atoms with Gasteiger partial charge in [0, 0.05) is 31.1 Å². The van der Waals surface area contributed by atoms with Crippen LogP contribution in [0.25, 0.3) is 0 Å². The Balaban J connectivity index is 1.74. The number of carbonyl (C=O) groups excluding carboxylic acids is 3. The van der Waals surface area contributed by atoms with Crippen molar-refractivity contribution in [2.24, 2.45) is 23.7 Å². The summed E-state index contributed by atoms with van der Waals surface area (Å²) in [5, 5.41) is 0. The highest BCUT2D eigenvalue weighted by molar-refractivity contribution is 5.85. The standard InChI is InChI=1S/C24H36O4/c1-3-5-7-9-20-18(11-13-22(20)25)15-16-28-24(27)17-19-12-14-23(26)21(19)10-8-6-4-2/h5-8,18-21H,3-4,9-17H2,1-2H3/b7-5+,8-6+. The summed E-state index contributed by atoms with van der Waals surface area (Å²) in [6.45, 7) is 4.54. The first-order valence-corrected chi connectivity index (χ1v) is 11.1. The van der Waals surface area contributed by atoms with Crippen LogP contribution in [-0.2, 0) is 19.1 Å². The molecule has 156 valence electrons. The van der Waals surface area contributed by atoms with Crippen LogP contribution in [0.5, 0.6) is 0 Å². The molecule has 0 N–H and O–H groups in total. The first kappa shape index (κ1) is 22.6. The number of allylic oxidation sites excluding steroid dienone is 4. The Labute approximate surface area is 169 Å². The number of esters is 1. The van der Waals surface area contributed by atoms with E-state index in [0.717, 1.165) is 44.9 Å². The molecule has 4 atom stereocenters.